The van der Waals surface area contributed by atoms with Crippen LogP contribution in [0.3, 0.4) is 0 Å². The number of aromatic nitrogens is 5. The molecule has 0 aliphatic heterocycles. The van der Waals surface area contributed by atoms with Gasteiger partial charge in [0.2, 0.25) is 0 Å². The summed E-state index contributed by atoms with van der Waals surface area (Å²) in [5.74, 6) is 2.46. The molecule has 8 aromatic rings. The molecule has 2 heterocycles. The average Bonchev–Trinajstić information content (AvgIpc) is 3.92. The summed E-state index contributed by atoms with van der Waals surface area (Å²) >= 11 is 0. The maximum Gasteiger partial charge on any atom is 0.140 e. The average molecular weight is 970 g/mol. The summed E-state index contributed by atoms with van der Waals surface area (Å²) < 4.78 is 4.18. The van der Waals surface area contributed by atoms with E-state index in [9.17, 15) is 5.11 Å². The number of hydrogen-bond acceptors (Lipinski definition) is 4. The topological polar surface area (TPSA) is 68.8 Å². The minimum Gasteiger partial charge on any atom is -0.507 e. The fourth-order valence-electron chi connectivity index (χ4n) is 8.11. The van der Waals surface area contributed by atoms with Crippen molar-refractivity contribution in [1.29, 1.82) is 0 Å². The van der Waals surface area contributed by atoms with Crippen molar-refractivity contribution in [3.63, 3.8) is 0 Å². The van der Waals surface area contributed by atoms with Gasteiger partial charge in [0, 0.05) is 33.0 Å². The Kier molecular flexibility index (Phi) is 12.5. The number of rotatable bonds is 11. The van der Waals surface area contributed by atoms with Gasteiger partial charge in [-0.2, -0.15) is 5.10 Å². The molecule has 7 heteroatoms. The Bertz CT molecular complexity index is 2690. The molecule has 0 saturated heterocycles. The molecular formula is C53H52N5OPt-. The number of aromatic hydroxyl groups is 1. The van der Waals surface area contributed by atoms with Gasteiger partial charge in [0.15, 0.2) is 0 Å². The predicted molar refractivity (Wildman–Crippen MR) is 243 cm³/mol. The Morgan fingerprint density at radius 3 is 1.52 bits per heavy atom. The summed E-state index contributed by atoms with van der Waals surface area (Å²) in [6.45, 7) is 17.9. The molecule has 306 valence electrons. The van der Waals surface area contributed by atoms with Crippen LogP contribution in [0.5, 0.6) is 5.75 Å². The van der Waals surface area contributed by atoms with Crippen molar-refractivity contribution in [3.05, 3.63) is 168 Å². The van der Waals surface area contributed by atoms with Crippen molar-refractivity contribution < 1.29 is 26.2 Å². The summed E-state index contributed by atoms with van der Waals surface area (Å²) in [5.41, 5.74) is 14.8. The van der Waals surface area contributed by atoms with Gasteiger partial charge >= 0.3 is 0 Å². The summed E-state index contributed by atoms with van der Waals surface area (Å²) in [6.07, 6.45) is 3.74. The monoisotopic (exact) mass is 969 g/mol. The van der Waals surface area contributed by atoms with Crippen molar-refractivity contribution in [2.24, 2.45) is 0 Å². The minimum atomic E-state index is 0. The van der Waals surface area contributed by atoms with Gasteiger partial charge in [0.05, 0.1) is 22.8 Å². The summed E-state index contributed by atoms with van der Waals surface area (Å²) in [4.78, 5) is 10.2. The van der Waals surface area contributed by atoms with E-state index in [0.717, 1.165) is 28.2 Å². The van der Waals surface area contributed by atoms with Gasteiger partial charge in [-0.15, -0.1) is 24.3 Å². The van der Waals surface area contributed by atoms with Crippen LogP contribution in [0.15, 0.2) is 140 Å². The molecule has 8 rings (SSSR count). The molecule has 0 fully saturated rings. The van der Waals surface area contributed by atoms with Crippen molar-refractivity contribution in [3.8, 4) is 73.4 Å². The maximum absolute atomic E-state index is 11.3. The maximum atomic E-state index is 11.3. The zero-order chi connectivity index (χ0) is 41.4. The van der Waals surface area contributed by atoms with E-state index in [4.69, 9.17) is 15.1 Å². The van der Waals surface area contributed by atoms with Crippen LogP contribution in [0.2, 0.25) is 0 Å². The number of benzene rings is 6. The third-order valence-electron chi connectivity index (χ3n) is 11.2. The quantitative estimate of drug-likeness (QED) is 0.131. The van der Waals surface area contributed by atoms with Gasteiger partial charge in [-0.25, -0.2) is 4.68 Å². The largest absolute Gasteiger partial charge is 0.507 e. The third-order valence-corrected chi connectivity index (χ3v) is 11.2. The van der Waals surface area contributed by atoms with Gasteiger partial charge in [0.25, 0.3) is 0 Å². The van der Waals surface area contributed by atoms with Crippen molar-refractivity contribution in [2.75, 3.05) is 0 Å². The second kappa shape index (κ2) is 17.8. The van der Waals surface area contributed by atoms with Crippen LogP contribution in [0.1, 0.15) is 101 Å². The summed E-state index contributed by atoms with van der Waals surface area (Å²) in [5, 5.41) is 16.2. The number of imidazole rings is 1. The van der Waals surface area contributed by atoms with Crippen LogP contribution < -0.4 is 0 Å². The Labute approximate surface area is 369 Å². The van der Waals surface area contributed by atoms with E-state index >= 15 is 0 Å². The van der Waals surface area contributed by atoms with Crippen LogP contribution in [0.4, 0.5) is 0 Å². The number of phenolic OH excluding ortho intramolecular Hbond substituents is 1. The molecule has 0 radical (unpaired) electrons. The predicted octanol–water partition coefficient (Wildman–Crippen LogP) is 13.8. The molecule has 2 aromatic heterocycles. The zero-order valence-electron chi connectivity index (χ0n) is 35.6. The molecule has 6 nitrogen and oxygen atoms in total. The molecule has 0 aliphatic carbocycles. The van der Waals surface area contributed by atoms with Gasteiger partial charge in [-0.3, -0.25) is 9.97 Å². The third kappa shape index (κ3) is 8.18. The van der Waals surface area contributed by atoms with Gasteiger partial charge in [-0.05, 0) is 105 Å². The molecule has 6 aromatic carbocycles. The number of hydrogen-bond donors (Lipinski definition) is 1. The Morgan fingerprint density at radius 1 is 0.517 bits per heavy atom. The molecular weight excluding hydrogens is 918 g/mol. The first-order valence-corrected chi connectivity index (χ1v) is 20.8. The number of phenols is 1. The zero-order valence-corrected chi connectivity index (χ0v) is 37.9. The molecule has 60 heavy (non-hydrogen) atoms. The van der Waals surface area contributed by atoms with Crippen molar-refractivity contribution in [2.45, 2.75) is 79.1 Å². The van der Waals surface area contributed by atoms with Crippen LogP contribution in [0.25, 0.3) is 67.7 Å². The second-order valence-electron chi connectivity index (χ2n) is 16.7. The Morgan fingerprint density at radius 2 is 1.00 bits per heavy atom. The van der Waals surface area contributed by atoms with E-state index in [-0.39, 0.29) is 50.5 Å². The van der Waals surface area contributed by atoms with E-state index < -0.39 is 0 Å². The number of nitrogens with zero attached hydrogens (tertiary/aromatic N) is 5. The SMILES string of the molecule is CC(C)c1cc(-c2ccccc2)cc(C(C)C)c1-n1cc(-c2[c-]c(-c3ncnn3-c3c(C(C)C)cc(-c4ccccc4)cc3C(C)C)ccc2)nc1-c1ccccc1O.[Pt]. The van der Waals surface area contributed by atoms with E-state index in [1.54, 1.807) is 12.4 Å². The van der Waals surface area contributed by atoms with Crippen LogP contribution in [-0.2, 0) is 21.1 Å². The molecule has 0 aliphatic rings. The molecule has 0 spiro atoms. The van der Waals surface area contributed by atoms with Crippen LogP contribution in [-0.4, -0.2) is 29.4 Å². The van der Waals surface area contributed by atoms with Crippen LogP contribution >= 0.6 is 0 Å². The molecule has 0 amide bonds. The molecule has 1 N–H and O–H groups in total. The summed E-state index contributed by atoms with van der Waals surface area (Å²) in [6, 6.07) is 47.7. The first-order valence-electron chi connectivity index (χ1n) is 20.8. The fourth-order valence-corrected chi connectivity index (χ4v) is 8.11. The number of para-hydroxylation sites is 1. The molecule has 0 saturated carbocycles. The van der Waals surface area contributed by atoms with Gasteiger partial charge in [-0.1, -0.05) is 139 Å². The van der Waals surface area contributed by atoms with Crippen LogP contribution in [0, 0.1) is 6.07 Å². The minimum absolute atomic E-state index is 0. The Hall–Kier alpha value is -5.84. The van der Waals surface area contributed by atoms with E-state index in [0.29, 0.717) is 17.2 Å². The fraction of sp³-hybridized carbons (Fsp3) is 0.226. The van der Waals surface area contributed by atoms with Crippen molar-refractivity contribution >= 4 is 0 Å². The van der Waals surface area contributed by atoms with E-state index in [1.165, 1.54) is 44.5 Å². The standard InChI is InChI=1S/C53H52N5O.Pt/c1-33(2)44-27-41(37-18-11-9-12-19-37)28-45(34(3)4)50(44)57-31-48(56-53(57)43-24-15-16-25-49(43)59)39-22-17-23-40(26-39)52-54-32-55-58(52)51-46(35(5)6)29-42(30-47(51)36(7)8)38-20-13-10-14-21-38;/h9-25,27-36,59H,1-8H3;/q-1;. The molecule has 0 atom stereocenters. The normalized spacial score (nSPS) is 11.5. The van der Waals surface area contributed by atoms with Crippen molar-refractivity contribution in [1.82, 2.24) is 24.3 Å². The van der Waals surface area contributed by atoms with E-state index in [1.807, 2.05) is 41.1 Å². The van der Waals surface area contributed by atoms with Gasteiger partial charge < -0.3 is 9.67 Å². The van der Waals surface area contributed by atoms with E-state index in [2.05, 4.69) is 157 Å². The smallest absolute Gasteiger partial charge is 0.140 e. The molecule has 0 bridgehead atoms. The first kappa shape index (κ1) is 42.3. The second-order valence-corrected chi connectivity index (χ2v) is 16.7. The summed E-state index contributed by atoms with van der Waals surface area (Å²) in [7, 11) is 0. The van der Waals surface area contributed by atoms with Gasteiger partial charge in [0.1, 0.15) is 17.9 Å². The molecule has 0 unspecified atom stereocenters. The Balaban J connectivity index is 0.00000544. The first-order chi connectivity index (χ1) is 28.5.